The molecule has 2 aromatic carbocycles. The number of benzene rings is 2. The molecular weight excluding hydrogens is 312 g/mol. The first kappa shape index (κ1) is 17.1. The number of carbonyl (C=O) groups excluding carboxylic acids is 2. The summed E-state index contributed by atoms with van der Waals surface area (Å²) >= 11 is 0. The lowest BCUT2D eigenvalue weighted by molar-refractivity contribution is 0.120. The lowest BCUT2D eigenvalue weighted by atomic mass is 10.1. The Kier molecular flexibility index (Phi) is 5.96. The highest BCUT2D eigenvalue weighted by atomic mass is 16.7. The molecule has 0 radical (unpaired) electrons. The van der Waals surface area contributed by atoms with Gasteiger partial charge in [-0.3, -0.25) is 0 Å². The first-order valence-corrected chi connectivity index (χ1v) is 7.01. The Morgan fingerprint density at radius 2 is 1.54 bits per heavy atom. The van der Waals surface area contributed by atoms with Crippen LogP contribution in [-0.2, 0) is 9.47 Å². The van der Waals surface area contributed by atoms with E-state index in [0.29, 0.717) is 17.1 Å². The minimum absolute atomic E-state index is 0.364. The molecule has 0 amide bonds. The fourth-order valence-electron chi connectivity index (χ4n) is 1.85. The van der Waals surface area contributed by atoms with Crippen LogP contribution in [0.3, 0.4) is 0 Å². The van der Waals surface area contributed by atoms with Gasteiger partial charge in [0, 0.05) is 5.56 Å². The van der Waals surface area contributed by atoms with Crippen LogP contribution in [0.2, 0.25) is 0 Å². The van der Waals surface area contributed by atoms with E-state index in [1.165, 1.54) is 14.2 Å². The molecule has 0 atom stereocenters. The van der Waals surface area contributed by atoms with Gasteiger partial charge in [-0.25, -0.2) is 9.59 Å². The molecule has 0 aliphatic carbocycles. The van der Waals surface area contributed by atoms with E-state index in [2.05, 4.69) is 9.47 Å². The van der Waals surface area contributed by atoms with Crippen LogP contribution in [0.4, 0.5) is 9.59 Å². The van der Waals surface area contributed by atoms with E-state index >= 15 is 0 Å². The largest absolute Gasteiger partial charge is 0.513 e. The van der Waals surface area contributed by atoms with Crippen molar-refractivity contribution >= 4 is 24.5 Å². The highest BCUT2D eigenvalue weighted by molar-refractivity contribution is 5.75. The second-order valence-corrected chi connectivity index (χ2v) is 4.56. The van der Waals surface area contributed by atoms with E-state index in [-0.39, 0.29) is 0 Å². The summed E-state index contributed by atoms with van der Waals surface area (Å²) in [7, 11) is 2.48. The van der Waals surface area contributed by atoms with Crippen molar-refractivity contribution in [2.75, 3.05) is 14.2 Å². The van der Waals surface area contributed by atoms with Crippen LogP contribution in [0.15, 0.2) is 48.5 Å². The van der Waals surface area contributed by atoms with Crippen molar-refractivity contribution in [3.63, 3.8) is 0 Å². The Morgan fingerprint density at radius 3 is 2.29 bits per heavy atom. The quantitative estimate of drug-likeness (QED) is 0.477. The number of methoxy groups -OCH3 is 2. The number of hydrogen-bond donors (Lipinski definition) is 0. The Labute approximate surface area is 139 Å². The molecule has 0 heterocycles. The van der Waals surface area contributed by atoms with Crippen LogP contribution >= 0.6 is 0 Å². The van der Waals surface area contributed by atoms with Gasteiger partial charge in [-0.15, -0.1) is 0 Å². The van der Waals surface area contributed by atoms with Crippen molar-refractivity contribution in [2.24, 2.45) is 0 Å². The summed E-state index contributed by atoms with van der Waals surface area (Å²) in [6.45, 7) is 0. The first-order valence-electron chi connectivity index (χ1n) is 7.01. The maximum absolute atomic E-state index is 11.3. The molecule has 0 aliphatic rings. The Morgan fingerprint density at radius 1 is 0.833 bits per heavy atom. The zero-order valence-corrected chi connectivity index (χ0v) is 13.2. The van der Waals surface area contributed by atoms with Crippen molar-refractivity contribution in [2.45, 2.75) is 0 Å². The zero-order chi connectivity index (χ0) is 17.4. The van der Waals surface area contributed by atoms with E-state index in [0.717, 1.165) is 5.56 Å². The summed E-state index contributed by atoms with van der Waals surface area (Å²) in [6, 6.07) is 13.9. The molecule has 0 fully saturated rings. The van der Waals surface area contributed by atoms with Gasteiger partial charge < -0.3 is 18.9 Å². The van der Waals surface area contributed by atoms with Gasteiger partial charge in [0.05, 0.1) is 14.2 Å². The summed E-state index contributed by atoms with van der Waals surface area (Å²) in [6.07, 6.45) is 2.00. The average molecular weight is 328 g/mol. The molecular formula is C18H16O6. The molecule has 0 N–H and O–H groups in total. The van der Waals surface area contributed by atoms with Crippen LogP contribution < -0.4 is 9.47 Å². The molecule has 6 heteroatoms. The molecule has 0 aliphatic heterocycles. The molecule has 0 spiro atoms. The summed E-state index contributed by atoms with van der Waals surface area (Å²) in [5.74, 6) is 0.741. The van der Waals surface area contributed by atoms with Gasteiger partial charge >= 0.3 is 12.3 Å². The number of carbonyl (C=O) groups is 2. The fraction of sp³-hybridized carbons (Fsp3) is 0.111. The SMILES string of the molecule is COC(=O)Oc1cccc(/C=C/c2ccccc2OC(=O)OC)c1. The Balaban J connectivity index is 2.18. The van der Waals surface area contributed by atoms with Gasteiger partial charge in [-0.05, 0) is 23.8 Å². The minimum atomic E-state index is -0.788. The number of ether oxygens (including phenoxy) is 4. The van der Waals surface area contributed by atoms with Crippen LogP contribution in [-0.4, -0.2) is 26.5 Å². The Hall–Kier alpha value is -3.28. The van der Waals surface area contributed by atoms with Crippen molar-refractivity contribution in [1.82, 2.24) is 0 Å². The monoisotopic (exact) mass is 328 g/mol. The molecule has 0 bridgehead atoms. The zero-order valence-electron chi connectivity index (χ0n) is 13.2. The number of hydrogen-bond acceptors (Lipinski definition) is 6. The highest BCUT2D eigenvalue weighted by Crippen LogP contribution is 2.22. The van der Waals surface area contributed by atoms with E-state index in [1.807, 2.05) is 12.1 Å². The molecule has 0 unspecified atom stereocenters. The molecule has 124 valence electrons. The standard InChI is InChI=1S/C18H16O6/c1-21-17(19)23-15-8-5-6-13(12-15)10-11-14-7-3-4-9-16(14)24-18(20)22-2/h3-12H,1-2H3/b11-10+. The second-order valence-electron chi connectivity index (χ2n) is 4.56. The van der Waals surface area contributed by atoms with Crippen molar-refractivity contribution in [3.8, 4) is 11.5 Å². The second kappa shape index (κ2) is 8.38. The topological polar surface area (TPSA) is 71.1 Å². The van der Waals surface area contributed by atoms with Crippen molar-refractivity contribution < 1.29 is 28.5 Å². The summed E-state index contributed by atoms with van der Waals surface area (Å²) < 4.78 is 19.0. The first-order chi connectivity index (χ1) is 11.6. The Bertz CT molecular complexity index is 751. The molecule has 2 rings (SSSR count). The third-order valence-corrected chi connectivity index (χ3v) is 2.96. The number of rotatable bonds is 4. The highest BCUT2D eigenvalue weighted by Gasteiger charge is 2.07. The summed E-state index contributed by atoms with van der Waals surface area (Å²) in [5.41, 5.74) is 1.49. The van der Waals surface area contributed by atoms with Crippen LogP contribution in [0.5, 0.6) is 11.5 Å². The smallest absolute Gasteiger partial charge is 0.437 e. The van der Waals surface area contributed by atoms with Gasteiger partial charge in [0.2, 0.25) is 0 Å². The van der Waals surface area contributed by atoms with E-state index in [1.54, 1.807) is 48.6 Å². The van der Waals surface area contributed by atoms with Crippen LogP contribution in [0.25, 0.3) is 12.2 Å². The van der Waals surface area contributed by atoms with Gasteiger partial charge in [0.1, 0.15) is 11.5 Å². The molecule has 0 saturated heterocycles. The number of para-hydroxylation sites is 1. The van der Waals surface area contributed by atoms with E-state index < -0.39 is 12.3 Å². The van der Waals surface area contributed by atoms with Crippen LogP contribution in [0, 0.1) is 0 Å². The van der Waals surface area contributed by atoms with Gasteiger partial charge in [-0.1, -0.05) is 42.5 Å². The fourth-order valence-corrected chi connectivity index (χ4v) is 1.85. The third-order valence-electron chi connectivity index (χ3n) is 2.96. The normalized spacial score (nSPS) is 10.2. The van der Waals surface area contributed by atoms with E-state index in [4.69, 9.17) is 9.47 Å². The van der Waals surface area contributed by atoms with Gasteiger partial charge in [-0.2, -0.15) is 0 Å². The van der Waals surface area contributed by atoms with Gasteiger partial charge in [0.25, 0.3) is 0 Å². The molecule has 24 heavy (non-hydrogen) atoms. The predicted molar refractivity (Wildman–Crippen MR) is 87.9 cm³/mol. The lowest BCUT2D eigenvalue weighted by Crippen LogP contribution is -2.07. The summed E-state index contributed by atoms with van der Waals surface area (Å²) in [5, 5.41) is 0. The van der Waals surface area contributed by atoms with Crippen LogP contribution in [0.1, 0.15) is 11.1 Å². The van der Waals surface area contributed by atoms with Gasteiger partial charge in [0.15, 0.2) is 0 Å². The van der Waals surface area contributed by atoms with Crippen molar-refractivity contribution in [1.29, 1.82) is 0 Å². The molecule has 6 nitrogen and oxygen atoms in total. The molecule has 0 saturated carbocycles. The molecule has 2 aromatic rings. The van der Waals surface area contributed by atoms with E-state index in [9.17, 15) is 9.59 Å². The minimum Gasteiger partial charge on any atom is -0.437 e. The average Bonchev–Trinajstić information content (AvgIpc) is 2.61. The third kappa shape index (κ3) is 4.88. The predicted octanol–water partition coefficient (Wildman–Crippen LogP) is 4.15. The molecule has 0 aromatic heterocycles. The lowest BCUT2D eigenvalue weighted by Gasteiger charge is -2.06. The maximum Gasteiger partial charge on any atom is 0.513 e. The maximum atomic E-state index is 11.3. The van der Waals surface area contributed by atoms with Crippen molar-refractivity contribution in [3.05, 3.63) is 59.7 Å². The summed E-state index contributed by atoms with van der Waals surface area (Å²) in [4.78, 5) is 22.4.